The normalized spacial score (nSPS) is 26.6. The zero-order chi connectivity index (χ0) is 28.1. The van der Waals surface area contributed by atoms with Gasteiger partial charge in [-0.25, -0.2) is 4.79 Å². The maximum atomic E-state index is 12.8. The van der Waals surface area contributed by atoms with E-state index in [4.69, 9.17) is 9.47 Å². The number of hydrogen-bond acceptors (Lipinski definition) is 9. The van der Waals surface area contributed by atoms with Crippen LogP contribution in [-0.2, 0) is 22.6 Å². The van der Waals surface area contributed by atoms with E-state index in [1.807, 2.05) is 36.4 Å². The Balaban J connectivity index is 1.22. The van der Waals surface area contributed by atoms with Gasteiger partial charge in [0.25, 0.3) is 0 Å². The molecule has 0 aliphatic carbocycles. The lowest BCUT2D eigenvalue weighted by Gasteiger charge is -2.40. The van der Waals surface area contributed by atoms with Crippen molar-refractivity contribution in [3.63, 3.8) is 0 Å². The highest BCUT2D eigenvalue weighted by Crippen LogP contribution is 2.27. The number of aliphatic hydroxyl groups is 4. The quantitative estimate of drug-likeness (QED) is 0.257. The molecular formula is C30H35N3O7. The summed E-state index contributed by atoms with van der Waals surface area (Å²) in [4.78, 5) is 16.7. The van der Waals surface area contributed by atoms with Gasteiger partial charge in [0.05, 0.1) is 13.2 Å². The summed E-state index contributed by atoms with van der Waals surface area (Å²) in [6.45, 7) is 1.92. The Bertz CT molecular complexity index is 1190. The predicted octanol–water partition coefficient (Wildman–Crippen LogP) is 1.93. The van der Waals surface area contributed by atoms with Gasteiger partial charge in [-0.3, -0.25) is 9.80 Å². The first-order valence-electron chi connectivity index (χ1n) is 13.4. The van der Waals surface area contributed by atoms with Crippen molar-refractivity contribution in [2.75, 3.05) is 29.9 Å². The largest absolute Gasteiger partial charge is 0.443 e. The molecule has 212 valence electrons. The highest BCUT2D eigenvalue weighted by molar-refractivity contribution is 5.90. The molecule has 10 nitrogen and oxygen atoms in total. The standard InChI is InChI=1S/C30H35N3O7/c34-19-25-26(35)27(36)28(37)29(40-25)31-22-11-13-23(14-12-22)33-18-24(39-30(33)38)17-32(15-20-7-3-1-4-8-20)16-21-9-5-2-6-10-21/h1-14,24-29,31,34-37H,15-19H2/t24-,25?,26-,27-,28?,29+/m1/s1. The molecule has 40 heavy (non-hydrogen) atoms. The van der Waals surface area contributed by atoms with Crippen molar-refractivity contribution in [1.82, 2.24) is 4.90 Å². The van der Waals surface area contributed by atoms with Gasteiger partial charge in [-0.05, 0) is 35.4 Å². The zero-order valence-corrected chi connectivity index (χ0v) is 22.0. The van der Waals surface area contributed by atoms with Gasteiger partial charge in [0, 0.05) is 31.0 Å². The zero-order valence-electron chi connectivity index (χ0n) is 22.0. The summed E-state index contributed by atoms with van der Waals surface area (Å²) < 4.78 is 11.3. The number of rotatable bonds is 10. The Morgan fingerprint density at radius 1 is 0.825 bits per heavy atom. The smallest absolute Gasteiger partial charge is 0.414 e. The number of hydrogen-bond donors (Lipinski definition) is 5. The third-order valence-corrected chi connectivity index (χ3v) is 7.21. The summed E-state index contributed by atoms with van der Waals surface area (Å²) in [6, 6.07) is 27.3. The molecule has 0 spiro atoms. The lowest BCUT2D eigenvalue weighted by molar-refractivity contribution is -0.221. The summed E-state index contributed by atoms with van der Waals surface area (Å²) in [7, 11) is 0. The molecule has 0 radical (unpaired) electrons. The minimum Gasteiger partial charge on any atom is -0.443 e. The van der Waals surface area contributed by atoms with E-state index in [9.17, 15) is 25.2 Å². The van der Waals surface area contributed by atoms with Gasteiger partial charge in [-0.15, -0.1) is 0 Å². The van der Waals surface area contributed by atoms with Gasteiger partial charge >= 0.3 is 6.09 Å². The lowest BCUT2D eigenvalue weighted by Crippen LogP contribution is -2.60. The average Bonchev–Trinajstić information content (AvgIpc) is 3.34. The molecule has 2 fully saturated rings. The minimum atomic E-state index is -1.47. The number of nitrogens with one attached hydrogen (secondary N) is 1. The number of carbonyl (C=O) groups is 1. The summed E-state index contributed by atoms with van der Waals surface area (Å²) in [6.07, 6.45) is -7.07. The maximum Gasteiger partial charge on any atom is 0.414 e. The van der Waals surface area contributed by atoms with Crippen molar-refractivity contribution in [1.29, 1.82) is 0 Å². The first-order valence-corrected chi connectivity index (χ1v) is 13.4. The van der Waals surface area contributed by atoms with Gasteiger partial charge in [0.2, 0.25) is 0 Å². The van der Waals surface area contributed by atoms with Crippen molar-refractivity contribution in [3.05, 3.63) is 96.1 Å². The van der Waals surface area contributed by atoms with E-state index in [1.165, 1.54) is 11.1 Å². The molecule has 0 bridgehead atoms. The Morgan fingerprint density at radius 3 is 2.00 bits per heavy atom. The summed E-state index contributed by atoms with van der Waals surface area (Å²) in [5.74, 6) is 0. The van der Waals surface area contributed by atoms with E-state index >= 15 is 0 Å². The highest BCUT2D eigenvalue weighted by atomic mass is 16.6. The maximum absolute atomic E-state index is 12.8. The molecule has 2 aliphatic rings. The third-order valence-electron chi connectivity index (χ3n) is 7.21. The third kappa shape index (κ3) is 6.61. The van der Waals surface area contributed by atoms with Gasteiger partial charge in [-0.1, -0.05) is 60.7 Å². The van der Waals surface area contributed by atoms with E-state index in [0.717, 1.165) is 13.1 Å². The average molecular weight is 550 g/mol. The topological polar surface area (TPSA) is 135 Å². The molecule has 3 aromatic carbocycles. The van der Waals surface area contributed by atoms with E-state index in [-0.39, 0.29) is 6.10 Å². The minimum absolute atomic E-state index is 0.313. The van der Waals surface area contributed by atoms with Crippen LogP contribution >= 0.6 is 0 Å². The van der Waals surface area contributed by atoms with Crippen LogP contribution in [0.1, 0.15) is 11.1 Å². The number of anilines is 2. The number of aliphatic hydroxyl groups excluding tert-OH is 4. The van der Waals surface area contributed by atoms with Crippen molar-refractivity contribution in [2.45, 2.75) is 49.8 Å². The van der Waals surface area contributed by atoms with Crippen molar-refractivity contribution in [3.8, 4) is 0 Å². The molecule has 0 saturated carbocycles. The van der Waals surface area contributed by atoms with E-state index in [0.29, 0.717) is 24.5 Å². The first kappa shape index (κ1) is 28.0. The SMILES string of the molecule is O=C1O[C@H](CN(Cc2ccccc2)Cc2ccccc2)CN1c1ccc(N[C@H]2OC(CO)[C@@H](O)[C@@H](O)C2O)cc1. The molecular weight excluding hydrogens is 514 g/mol. The van der Waals surface area contributed by atoms with Crippen LogP contribution in [0.2, 0.25) is 0 Å². The molecule has 5 N–H and O–H groups in total. The Hall–Kier alpha value is -3.51. The number of cyclic esters (lactones) is 1. The van der Waals surface area contributed by atoms with E-state index in [2.05, 4.69) is 34.5 Å². The van der Waals surface area contributed by atoms with Crippen molar-refractivity contribution >= 4 is 17.5 Å². The molecule has 2 heterocycles. The molecule has 2 saturated heterocycles. The van der Waals surface area contributed by atoms with Crippen molar-refractivity contribution in [2.24, 2.45) is 0 Å². The fourth-order valence-corrected chi connectivity index (χ4v) is 5.11. The molecule has 0 aromatic heterocycles. The number of ether oxygens (including phenoxy) is 2. The number of benzene rings is 3. The fourth-order valence-electron chi connectivity index (χ4n) is 5.11. The van der Waals surface area contributed by atoms with Gasteiger partial charge in [0.1, 0.15) is 30.5 Å². The van der Waals surface area contributed by atoms with Crippen LogP contribution in [0.15, 0.2) is 84.9 Å². The first-order chi connectivity index (χ1) is 19.4. The Morgan fingerprint density at radius 2 is 1.43 bits per heavy atom. The second-order valence-electron chi connectivity index (χ2n) is 10.2. The van der Waals surface area contributed by atoms with Gasteiger partial charge in [0.15, 0.2) is 6.23 Å². The van der Waals surface area contributed by atoms with Crippen LogP contribution in [-0.4, -0.2) is 87.9 Å². The van der Waals surface area contributed by atoms with Crippen LogP contribution in [0.3, 0.4) is 0 Å². The summed E-state index contributed by atoms with van der Waals surface area (Å²) in [5, 5.41) is 42.6. The van der Waals surface area contributed by atoms with E-state index in [1.54, 1.807) is 29.2 Å². The van der Waals surface area contributed by atoms with Crippen LogP contribution in [0.5, 0.6) is 0 Å². The molecule has 1 amide bonds. The van der Waals surface area contributed by atoms with Crippen LogP contribution < -0.4 is 10.2 Å². The fraction of sp³-hybridized carbons (Fsp3) is 0.367. The summed E-state index contributed by atoms with van der Waals surface area (Å²) >= 11 is 0. The van der Waals surface area contributed by atoms with Gasteiger partial charge in [-0.2, -0.15) is 0 Å². The number of nitrogens with zero attached hydrogens (tertiary/aromatic N) is 2. The molecule has 2 aliphatic heterocycles. The van der Waals surface area contributed by atoms with Crippen LogP contribution in [0.4, 0.5) is 16.2 Å². The summed E-state index contributed by atoms with van der Waals surface area (Å²) in [5.41, 5.74) is 3.59. The monoisotopic (exact) mass is 549 g/mol. The lowest BCUT2D eigenvalue weighted by atomic mass is 9.98. The molecule has 10 heteroatoms. The molecule has 2 unspecified atom stereocenters. The predicted molar refractivity (Wildman–Crippen MR) is 148 cm³/mol. The number of carbonyl (C=O) groups excluding carboxylic acids is 1. The molecule has 6 atom stereocenters. The van der Waals surface area contributed by atoms with E-state index < -0.39 is 43.3 Å². The molecule has 5 rings (SSSR count). The second-order valence-corrected chi connectivity index (χ2v) is 10.2. The number of amides is 1. The van der Waals surface area contributed by atoms with Crippen molar-refractivity contribution < 1.29 is 34.7 Å². The van der Waals surface area contributed by atoms with Crippen LogP contribution in [0, 0.1) is 0 Å². The Kier molecular flexibility index (Phi) is 8.95. The highest BCUT2D eigenvalue weighted by Gasteiger charge is 2.43. The second kappa shape index (κ2) is 12.8. The van der Waals surface area contributed by atoms with Crippen LogP contribution in [0.25, 0.3) is 0 Å². The Labute approximate surface area is 233 Å². The van der Waals surface area contributed by atoms with Gasteiger partial charge < -0.3 is 35.2 Å². The molecule has 3 aromatic rings.